The molecule has 0 aliphatic carbocycles. The number of pyridine rings is 1. The summed E-state index contributed by atoms with van der Waals surface area (Å²) in [6.45, 7) is 1.83. The highest BCUT2D eigenvalue weighted by atomic mass is 16.2. The van der Waals surface area contributed by atoms with Crippen LogP contribution in [0, 0.1) is 0 Å². The predicted octanol–water partition coefficient (Wildman–Crippen LogP) is 3.50. The number of rotatable bonds is 5. The lowest BCUT2D eigenvalue weighted by Gasteiger charge is -2.21. The summed E-state index contributed by atoms with van der Waals surface area (Å²) in [5.74, 6) is -0.358. The Bertz CT molecular complexity index is 1820. The van der Waals surface area contributed by atoms with E-state index in [1.165, 1.54) is 4.52 Å². The summed E-state index contributed by atoms with van der Waals surface area (Å²) in [5.41, 5.74) is 9.17. The Morgan fingerprint density at radius 3 is 2.68 bits per heavy atom. The van der Waals surface area contributed by atoms with Crippen LogP contribution < -0.4 is 16.6 Å². The molecule has 0 aliphatic heterocycles. The molecule has 37 heavy (non-hydrogen) atoms. The van der Waals surface area contributed by atoms with E-state index in [4.69, 9.17) is 5.73 Å². The van der Waals surface area contributed by atoms with Gasteiger partial charge < -0.3 is 11.1 Å². The predicted molar refractivity (Wildman–Crippen MR) is 140 cm³/mol. The normalized spacial score (nSPS) is 12.1. The number of hydrogen-bond acceptors (Lipinski definition) is 6. The monoisotopic (exact) mass is 490 g/mol. The van der Waals surface area contributed by atoms with Gasteiger partial charge in [-0.1, -0.05) is 36.4 Å². The Balaban J connectivity index is 1.51. The first-order valence-electron chi connectivity index (χ1n) is 11.7. The number of aromatic amines is 1. The fraction of sp³-hybridized carbons (Fsp3) is 0.0741. The molecular weight excluding hydrogens is 468 g/mol. The molecule has 0 saturated carbocycles. The molecule has 0 saturated heterocycles. The molecule has 0 aliphatic rings. The van der Waals surface area contributed by atoms with Crippen molar-refractivity contribution in [3.8, 4) is 16.9 Å². The van der Waals surface area contributed by atoms with Crippen molar-refractivity contribution in [2.45, 2.75) is 13.0 Å². The Morgan fingerprint density at radius 2 is 1.89 bits per heavy atom. The Morgan fingerprint density at radius 1 is 1.05 bits per heavy atom. The zero-order valence-corrected chi connectivity index (χ0v) is 19.8. The molecule has 182 valence electrons. The topological polar surface area (TPSA) is 136 Å². The molecule has 1 atom stereocenters. The number of nitrogens with zero attached hydrogens (tertiary/aromatic N) is 5. The van der Waals surface area contributed by atoms with Gasteiger partial charge >= 0.3 is 0 Å². The minimum Gasteiger partial charge on any atom is -0.381 e. The van der Waals surface area contributed by atoms with Crippen LogP contribution >= 0.6 is 0 Å². The molecule has 4 N–H and O–H groups in total. The third-order valence-corrected chi connectivity index (χ3v) is 6.32. The quantitative estimate of drug-likeness (QED) is 0.338. The zero-order chi connectivity index (χ0) is 25.5. The third-order valence-electron chi connectivity index (χ3n) is 6.32. The summed E-state index contributed by atoms with van der Waals surface area (Å²) in [6.07, 6.45) is 4.90. The number of amides is 1. The molecule has 10 heteroatoms. The summed E-state index contributed by atoms with van der Waals surface area (Å²) in [4.78, 5) is 31.7. The molecule has 10 nitrogen and oxygen atoms in total. The lowest BCUT2D eigenvalue weighted by Crippen LogP contribution is -2.32. The SMILES string of the molecule is CC(NC(=O)c1c(N)nn2cccnc12)c1cc2cccc(-c3ccn[nH]3)c2c(=O)n1-c1ccccc1. The summed E-state index contributed by atoms with van der Waals surface area (Å²) >= 11 is 0. The number of fused-ring (bicyclic) bond motifs is 2. The van der Waals surface area contributed by atoms with Gasteiger partial charge in [-0.05, 0) is 42.6 Å². The second kappa shape index (κ2) is 8.76. The van der Waals surface area contributed by atoms with Crippen molar-refractivity contribution in [3.63, 3.8) is 0 Å². The number of nitrogen functional groups attached to an aromatic ring is 1. The van der Waals surface area contributed by atoms with Gasteiger partial charge in [0.15, 0.2) is 11.5 Å². The van der Waals surface area contributed by atoms with E-state index in [1.807, 2.05) is 67.6 Å². The molecule has 1 amide bonds. The van der Waals surface area contributed by atoms with E-state index in [2.05, 4.69) is 25.6 Å². The molecule has 6 rings (SSSR count). The summed E-state index contributed by atoms with van der Waals surface area (Å²) in [7, 11) is 0. The Labute approximate surface area is 210 Å². The van der Waals surface area contributed by atoms with E-state index < -0.39 is 11.9 Å². The van der Waals surface area contributed by atoms with Crippen LogP contribution in [0.2, 0.25) is 0 Å². The largest absolute Gasteiger partial charge is 0.381 e. The molecule has 0 fully saturated rings. The number of carbonyl (C=O) groups is 1. The second-order valence-corrected chi connectivity index (χ2v) is 8.63. The molecule has 1 unspecified atom stereocenters. The van der Waals surface area contributed by atoms with Gasteiger partial charge in [-0.15, -0.1) is 5.10 Å². The molecule has 0 radical (unpaired) electrons. The smallest absolute Gasteiger partial charge is 0.263 e. The minimum absolute atomic E-state index is 0.0755. The van der Waals surface area contributed by atoms with Gasteiger partial charge in [0.25, 0.3) is 11.5 Å². The molecule has 0 bridgehead atoms. The van der Waals surface area contributed by atoms with Gasteiger partial charge in [0, 0.05) is 35.5 Å². The first-order valence-corrected chi connectivity index (χ1v) is 11.7. The maximum atomic E-state index is 14.1. The van der Waals surface area contributed by atoms with Gasteiger partial charge in [-0.2, -0.15) is 5.10 Å². The van der Waals surface area contributed by atoms with Crippen LogP contribution in [-0.2, 0) is 0 Å². The Kier molecular flexibility index (Phi) is 5.26. The van der Waals surface area contributed by atoms with Gasteiger partial charge in [0.1, 0.15) is 5.56 Å². The van der Waals surface area contributed by atoms with Gasteiger partial charge in [-0.25, -0.2) is 9.50 Å². The van der Waals surface area contributed by atoms with Crippen LogP contribution in [-0.4, -0.2) is 35.3 Å². The Hall–Kier alpha value is -5.25. The summed E-state index contributed by atoms with van der Waals surface area (Å²) in [6, 6.07) is 19.9. The van der Waals surface area contributed by atoms with E-state index in [0.29, 0.717) is 22.4 Å². The first kappa shape index (κ1) is 22.2. The van der Waals surface area contributed by atoms with Crippen molar-refractivity contribution in [3.05, 3.63) is 107 Å². The van der Waals surface area contributed by atoms with Crippen molar-refractivity contribution in [1.82, 2.24) is 34.7 Å². The van der Waals surface area contributed by atoms with Crippen LogP contribution in [0.5, 0.6) is 0 Å². The molecule has 2 aromatic carbocycles. The molecule has 6 aromatic rings. The van der Waals surface area contributed by atoms with Crippen LogP contribution in [0.3, 0.4) is 0 Å². The number of hydrogen-bond donors (Lipinski definition) is 3. The number of H-pyrrole nitrogens is 1. The fourth-order valence-electron chi connectivity index (χ4n) is 4.64. The van der Waals surface area contributed by atoms with Crippen molar-refractivity contribution in [1.29, 1.82) is 0 Å². The van der Waals surface area contributed by atoms with E-state index in [1.54, 1.807) is 29.2 Å². The highest BCUT2D eigenvalue weighted by molar-refractivity contribution is 6.04. The highest BCUT2D eigenvalue weighted by Crippen LogP contribution is 2.28. The average molecular weight is 491 g/mol. The summed E-state index contributed by atoms with van der Waals surface area (Å²) < 4.78 is 3.09. The van der Waals surface area contributed by atoms with E-state index in [9.17, 15) is 9.59 Å². The van der Waals surface area contributed by atoms with Crippen molar-refractivity contribution in [2.75, 3.05) is 5.73 Å². The van der Waals surface area contributed by atoms with Gasteiger partial charge in [0.2, 0.25) is 0 Å². The number of nitrogens with two attached hydrogens (primary N) is 1. The fourth-order valence-corrected chi connectivity index (χ4v) is 4.64. The highest BCUT2D eigenvalue weighted by Gasteiger charge is 2.24. The number of para-hydroxylation sites is 1. The number of aromatic nitrogens is 6. The first-order chi connectivity index (χ1) is 18.0. The van der Waals surface area contributed by atoms with Gasteiger partial charge in [-0.3, -0.25) is 19.3 Å². The second-order valence-electron chi connectivity index (χ2n) is 8.63. The maximum Gasteiger partial charge on any atom is 0.263 e. The molecular formula is C27H22N8O2. The minimum atomic E-state index is -0.557. The van der Waals surface area contributed by atoms with Crippen molar-refractivity contribution >= 4 is 28.1 Å². The number of carbonyl (C=O) groups excluding carboxylic acids is 1. The summed E-state index contributed by atoms with van der Waals surface area (Å²) in [5, 5.41) is 15.5. The van der Waals surface area contributed by atoms with Crippen LogP contribution in [0.1, 0.15) is 29.0 Å². The van der Waals surface area contributed by atoms with Crippen molar-refractivity contribution in [2.24, 2.45) is 0 Å². The lowest BCUT2D eigenvalue weighted by molar-refractivity contribution is 0.0941. The lowest BCUT2D eigenvalue weighted by atomic mass is 10.0. The van der Waals surface area contributed by atoms with Gasteiger partial charge in [0.05, 0.1) is 17.1 Å². The van der Waals surface area contributed by atoms with Crippen LogP contribution in [0.25, 0.3) is 33.4 Å². The van der Waals surface area contributed by atoms with Crippen molar-refractivity contribution < 1.29 is 4.79 Å². The third kappa shape index (κ3) is 3.71. The van der Waals surface area contributed by atoms with Crippen LogP contribution in [0.15, 0.2) is 90.1 Å². The number of nitrogens with one attached hydrogen (secondary N) is 2. The molecule has 0 spiro atoms. The standard InChI is InChI=1S/C27H22N8O2/c1-16(31-26(36)23-24(28)33-34-14-6-12-29-25(23)34)21-15-17-7-5-10-19(20-11-13-30-32-20)22(17)27(37)35(21)18-8-3-2-4-9-18/h2-16H,1H3,(H2,28,33)(H,30,32)(H,31,36). The number of anilines is 1. The molecule has 4 aromatic heterocycles. The van der Waals surface area contributed by atoms with E-state index in [-0.39, 0.29) is 16.9 Å². The zero-order valence-electron chi connectivity index (χ0n) is 19.8. The molecule has 4 heterocycles. The van der Waals surface area contributed by atoms with E-state index in [0.717, 1.165) is 16.6 Å². The van der Waals surface area contributed by atoms with E-state index >= 15 is 0 Å². The van der Waals surface area contributed by atoms with Crippen LogP contribution in [0.4, 0.5) is 5.82 Å². The maximum absolute atomic E-state index is 14.1. The average Bonchev–Trinajstić information content (AvgIpc) is 3.56. The number of benzene rings is 2.